The molecule has 1 aliphatic rings. The molecule has 0 aliphatic carbocycles. The number of aryl methyl sites for hydroxylation is 2. The Bertz CT molecular complexity index is 363. The molecule has 0 saturated heterocycles. The molecule has 0 aromatic carbocycles. The van der Waals surface area contributed by atoms with Crippen LogP contribution in [0.4, 0.5) is 0 Å². The summed E-state index contributed by atoms with van der Waals surface area (Å²) in [6.45, 7) is 8.10. The van der Waals surface area contributed by atoms with E-state index in [0.717, 1.165) is 6.54 Å². The second-order valence-corrected chi connectivity index (χ2v) is 6.33. The van der Waals surface area contributed by atoms with Gasteiger partial charge in [-0.3, -0.25) is 4.68 Å². The Labute approximate surface area is 105 Å². The van der Waals surface area contributed by atoms with Gasteiger partial charge in [-0.25, -0.2) is 0 Å². The fourth-order valence-electron chi connectivity index (χ4n) is 2.81. The van der Waals surface area contributed by atoms with Crippen molar-refractivity contribution < 1.29 is 0 Å². The van der Waals surface area contributed by atoms with Crippen LogP contribution in [0.2, 0.25) is 0 Å². The molecule has 17 heavy (non-hydrogen) atoms. The van der Waals surface area contributed by atoms with E-state index < -0.39 is 0 Å². The van der Waals surface area contributed by atoms with Crippen LogP contribution in [-0.4, -0.2) is 9.78 Å². The molecule has 0 N–H and O–H groups in total. The molecule has 0 saturated carbocycles. The third-order valence-electron chi connectivity index (χ3n) is 4.18. The molecule has 1 aromatic rings. The zero-order valence-electron chi connectivity index (χ0n) is 11.6. The second-order valence-electron chi connectivity index (χ2n) is 6.33. The number of hydrogen-bond acceptors (Lipinski definition) is 1. The minimum atomic E-state index is 0.474. The molecule has 1 aromatic heterocycles. The molecule has 0 radical (unpaired) electrons. The lowest BCUT2D eigenvalue weighted by molar-refractivity contribution is 0.273. The van der Waals surface area contributed by atoms with Gasteiger partial charge in [0.05, 0.1) is 6.20 Å². The summed E-state index contributed by atoms with van der Waals surface area (Å²) >= 11 is 0. The molecule has 0 bridgehead atoms. The number of nitrogens with zero attached hydrogens (tertiary/aromatic N) is 2. The van der Waals surface area contributed by atoms with Crippen molar-refractivity contribution in [2.24, 2.45) is 5.41 Å². The molecule has 96 valence electrons. The van der Waals surface area contributed by atoms with E-state index in [1.165, 1.54) is 56.2 Å². The summed E-state index contributed by atoms with van der Waals surface area (Å²) in [4.78, 5) is 0. The van der Waals surface area contributed by atoms with Crippen molar-refractivity contribution in [1.82, 2.24) is 9.78 Å². The summed E-state index contributed by atoms with van der Waals surface area (Å²) in [6, 6.07) is 0. The van der Waals surface area contributed by atoms with Crippen LogP contribution in [0.25, 0.3) is 0 Å². The first-order valence-electron chi connectivity index (χ1n) is 7.10. The molecule has 2 rings (SSSR count). The smallest absolute Gasteiger partial charge is 0.0521 e. The van der Waals surface area contributed by atoms with E-state index in [-0.39, 0.29) is 0 Å². The topological polar surface area (TPSA) is 17.8 Å². The third kappa shape index (κ3) is 3.34. The van der Waals surface area contributed by atoms with Gasteiger partial charge in [0.2, 0.25) is 0 Å². The Morgan fingerprint density at radius 3 is 2.71 bits per heavy atom. The maximum absolute atomic E-state index is 4.54. The van der Waals surface area contributed by atoms with Crippen LogP contribution in [0.15, 0.2) is 6.20 Å². The lowest BCUT2D eigenvalue weighted by Crippen LogP contribution is -2.16. The maximum atomic E-state index is 4.54. The van der Waals surface area contributed by atoms with Crippen LogP contribution in [-0.2, 0) is 13.0 Å². The minimum absolute atomic E-state index is 0.474. The zero-order valence-corrected chi connectivity index (χ0v) is 11.6. The van der Waals surface area contributed by atoms with Crippen molar-refractivity contribution in [3.8, 4) is 0 Å². The van der Waals surface area contributed by atoms with E-state index in [0.29, 0.717) is 5.41 Å². The van der Waals surface area contributed by atoms with Gasteiger partial charge in [0, 0.05) is 12.2 Å². The zero-order chi connectivity index (χ0) is 12.3. The standard InChI is InChI=1S/C15H26N2/c1-13-12-16-17-11-10-15(2,3)9-7-5-4-6-8-14(13)17/h12H,4-11H2,1-3H3. The first-order valence-corrected chi connectivity index (χ1v) is 7.10. The summed E-state index contributed by atoms with van der Waals surface area (Å²) in [5.41, 5.74) is 3.33. The van der Waals surface area contributed by atoms with Crippen LogP contribution in [0.3, 0.4) is 0 Å². The molecule has 2 heterocycles. The van der Waals surface area contributed by atoms with Crippen molar-refractivity contribution in [2.75, 3.05) is 0 Å². The molecule has 2 heteroatoms. The normalized spacial score (nSPS) is 21.6. The highest BCUT2D eigenvalue weighted by atomic mass is 15.3. The van der Waals surface area contributed by atoms with Gasteiger partial charge in [-0.1, -0.05) is 33.1 Å². The first-order chi connectivity index (χ1) is 8.08. The molecule has 2 nitrogen and oxygen atoms in total. The van der Waals surface area contributed by atoms with E-state index >= 15 is 0 Å². The van der Waals surface area contributed by atoms with Gasteiger partial charge in [-0.2, -0.15) is 5.10 Å². The van der Waals surface area contributed by atoms with Gasteiger partial charge < -0.3 is 0 Å². The number of hydrogen-bond donors (Lipinski definition) is 0. The van der Waals surface area contributed by atoms with E-state index in [4.69, 9.17) is 0 Å². The van der Waals surface area contributed by atoms with Crippen molar-refractivity contribution >= 4 is 0 Å². The van der Waals surface area contributed by atoms with Crippen molar-refractivity contribution in [2.45, 2.75) is 72.3 Å². The molecule has 1 aliphatic heterocycles. The summed E-state index contributed by atoms with van der Waals surface area (Å²) < 4.78 is 2.25. The lowest BCUT2D eigenvalue weighted by Gasteiger charge is -2.24. The van der Waals surface area contributed by atoms with Gasteiger partial charge in [-0.05, 0) is 43.6 Å². The van der Waals surface area contributed by atoms with Crippen LogP contribution < -0.4 is 0 Å². The Kier molecular flexibility index (Phi) is 3.90. The highest BCUT2D eigenvalue weighted by molar-refractivity contribution is 5.15. The average molecular weight is 234 g/mol. The highest BCUT2D eigenvalue weighted by Crippen LogP contribution is 2.29. The molecular formula is C15H26N2. The van der Waals surface area contributed by atoms with Gasteiger partial charge >= 0.3 is 0 Å². The van der Waals surface area contributed by atoms with Gasteiger partial charge in [0.25, 0.3) is 0 Å². The Balaban J connectivity index is 2.14. The van der Waals surface area contributed by atoms with E-state index in [1.807, 2.05) is 6.20 Å². The van der Waals surface area contributed by atoms with Crippen LogP contribution in [0.5, 0.6) is 0 Å². The van der Waals surface area contributed by atoms with Crippen LogP contribution >= 0.6 is 0 Å². The lowest BCUT2D eigenvalue weighted by atomic mass is 9.83. The van der Waals surface area contributed by atoms with E-state index in [9.17, 15) is 0 Å². The number of fused-ring (bicyclic) bond motifs is 1. The Morgan fingerprint density at radius 1 is 1.12 bits per heavy atom. The van der Waals surface area contributed by atoms with Crippen molar-refractivity contribution in [3.05, 3.63) is 17.5 Å². The SMILES string of the molecule is Cc1cnn2c1CCCCCCC(C)(C)CC2. The van der Waals surface area contributed by atoms with Gasteiger partial charge in [-0.15, -0.1) is 0 Å². The average Bonchev–Trinajstić information content (AvgIpc) is 2.60. The fraction of sp³-hybridized carbons (Fsp3) is 0.800. The Morgan fingerprint density at radius 2 is 1.88 bits per heavy atom. The maximum Gasteiger partial charge on any atom is 0.0521 e. The third-order valence-corrected chi connectivity index (χ3v) is 4.18. The summed E-state index contributed by atoms with van der Waals surface area (Å²) in [6.07, 6.45) is 11.4. The van der Waals surface area contributed by atoms with Crippen molar-refractivity contribution in [3.63, 3.8) is 0 Å². The monoisotopic (exact) mass is 234 g/mol. The fourth-order valence-corrected chi connectivity index (χ4v) is 2.81. The summed E-state index contributed by atoms with van der Waals surface area (Å²) in [7, 11) is 0. The van der Waals surface area contributed by atoms with Gasteiger partial charge in [0.1, 0.15) is 0 Å². The second kappa shape index (κ2) is 5.24. The van der Waals surface area contributed by atoms with Crippen LogP contribution in [0.1, 0.15) is 63.6 Å². The molecule has 0 amide bonds. The summed E-state index contributed by atoms with van der Waals surface area (Å²) in [5.74, 6) is 0. The molecule has 0 atom stereocenters. The van der Waals surface area contributed by atoms with E-state index in [1.54, 1.807) is 0 Å². The van der Waals surface area contributed by atoms with Gasteiger partial charge in [0.15, 0.2) is 0 Å². The van der Waals surface area contributed by atoms with E-state index in [2.05, 4.69) is 30.6 Å². The predicted octanol–water partition coefficient (Wildman–Crippen LogP) is 4.11. The predicted molar refractivity (Wildman–Crippen MR) is 72.2 cm³/mol. The Hall–Kier alpha value is -0.790. The quantitative estimate of drug-likeness (QED) is 0.660. The largest absolute Gasteiger partial charge is 0.269 e. The summed E-state index contributed by atoms with van der Waals surface area (Å²) in [5, 5.41) is 4.54. The molecular weight excluding hydrogens is 208 g/mol. The van der Waals surface area contributed by atoms with Crippen molar-refractivity contribution in [1.29, 1.82) is 0 Å². The minimum Gasteiger partial charge on any atom is -0.269 e. The van der Waals surface area contributed by atoms with Crippen LogP contribution in [0, 0.1) is 12.3 Å². The first kappa shape index (κ1) is 12.7. The number of aromatic nitrogens is 2. The molecule has 0 unspecified atom stereocenters. The molecule has 0 fully saturated rings. The highest BCUT2D eigenvalue weighted by Gasteiger charge is 2.19. The molecule has 0 spiro atoms. The number of rotatable bonds is 0.